The third-order valence-corrected chi connectivity index (χ3v) is 2.84. The number of rotatable bonds is 4. The van der Waals surface area contributed by atoms with Crippen molar-refractivity contribution in [2.75, 3.05) is 20.6 Å². The highest BCUT2D eigenvalue weighted by atomic mass is 16.1. The molecule has 116 valence electrons. The Morgan fingerprint density at radius 3 is 2.57 bits per heavy atom. The van der Waals surface area contributed by atoms with E-state index in [1.54, 1.807) is 14.1 Å². The summed E-state index contributed by atoms with van der Waals surface area (Å²) in [7, 11) is 3.39. The molecule has 3 N–H and O–H groups in total. The minimum absolute atomic E-state index is 0.0268. The lowest BCUT2D eigenvalue weighted by atomic mass is 10.1. The van der Waals surface area contributed by atoms with E-state index in [9.17, 15) is 4.79 Å². The fourth-order valence-corrected chi connectivity index (χ4v) is 1.87. The molecule has 1 aromatic carbocycles. The summed E-state index contributed by atoms with van der Waals surface area (Å²) < 4.78 is 0. The zero-order valence-corrected chi connectivity index (χ0v) is 13.6. The van der Waals surface area contributed by atoms with Gasteiger partial charge in [0.25, 0.3) is 5.91 Å². The van der Waals surface area contributed by atoms with Crippen LogP contribution in [-0.2, 0) is 6.42 Å². The Morgan fingerprint density at radius 1 is 1.29 bits per heavy atom. The average Bonchev–Trinajstić information content (AvgIpc) is 2.44. The molecule has 5 nitrogen and oxygen atoms in total. The molecule has 0 aliphatic carbocycles. The molecule has 0 aromatic heterocycles. The van der Waals surface area contributed by atoms with E-state index in [4.69, 9.17) is 0 Å². The quantitative estimate of drug-likeness (QED) is 0.582. The minimum Gasteiger partial charge on any atom is -0.356 e. The Balaban J connectivity index is 2.54. The predicted octanol–water partition coefficient (Wildman–Crippen LogP) is 1.55. The lowest BCUT2D eigenvalue weighted by Crippen LogP contribution is -2.48. The normalized spacial score (nSPS) is 12.0. The lowest BCUT2D eigenvalue weighted by Gasteiger charge is -2.23. The van der Waals surface area contributed by atoms with Gasteiger partial charge >= 0.3 is 0 Å². The molecular formula is C16H26N4O. The van der Waals surface area contributed by atoms with E-state index in [2.05, 4.69) is 41.7 Å². The second kappa shape index (κ2) is 7.67. The molecule has 1 aromatic rings. The smallest absolute Gasteiger partial charge is 0.251 e. The number of hydrogen-bond donors (Lipinski definition) is 3. The van der Waals surface area contributed by atoms with Gasteiger partial charge in [0.15, 0.2) is 5.96 Å². The van der Waals surface area contributed by atoms with Crippen LogP contribution in [0.4, 0.5) is 0 Å². The van der Waals surface area contributed by atoms with Crippen LogP contribution in [0.25, 0.3) is 0 Å². The summed E-state index contributed by atoms with van der Waals surface area (Å²) >= 11 is 0. The number of carbonyl (C=O) groups is 1. The van der Waals surface area contributed by atoms with Gasteiger partial charge in [0.1, 0.15) is 0 Å². The molecule has 0 bridgehead atoms. The number of aliphatic imine (C=N–C) groups is 1. The molecule has 1 amide bonds. The molecule has 0 aliphatic rings. The van der Waals surface area contributed by atoms with Crippen molar-refractivity contribution in [1.29, 1.82) is 0 Å². The number of hydrogen-bond acceptors (Lipinski definition) is 2. The molecule has 0 saturated carbocycles. The van der Waals surface area contributed by atoms with E-state index in [1.807, 2.05) is 24.3 Å². The molecule has 0 aliphatic heterocycles. The van der Waals surface area contributed by atoms with E-state index in [1.165, 1.54) is 0 Å². The average molecular weight is 290 g/mol. The number of carbonyl (C=O) groups excluding carboxylic acids is 1. The van der Waals surface area contributed by atoms with Gasteiger partial charge in [0.2, 0.25) is 0 Å². The molecule has 0 unspecified atom stereocenters. The van der Waals surface area contributed by atoms with Crippen molar-refractivity contribution in [1.82, 2.24) is 16.0 Å². The Morgan fingerprint density at radius 2 is 2.00 bits per heavy atom. The second-order valence-corrected chi connectivity index (χ2v) is 5.90. The van der Waals surface area contributed by atoms with E-state index in [0.717, 1.165) is 24.5 Å². The largest absolute Gasteiger partial charge is 0.356 e. The maximum atomic E-state index is 11.6. The number of guanidine groups is 1. The van der Waals surface area contributed by atoms with Gasteiger partial charge in [0, 0.05) is 31.7 Å². The highest BCUT2D eigenvalue weighted by Gasteiger charge is 2.11. The van der Waals surface area contributed by atoms with E-state index in [-0.39, 0.29) is 11.4 Å². The molecule has 1 rings (SSSR count). The molecule has 0 spiro atoms. The van der Waals surface area contributed by atoms with Gasteiger partial charge in [-0.05, 0) is 44.9 Å². The van der Waals surface area contributed by atoms with Crippen LogP contribution >= 0.6 is 0 Å². The van der Waals surface area contributed by atoms with Crippen molar-refractivity contribution in [2.24, 2.45) is 4.99 Å². The van der Waals surface area contributed by atoms with Crippen LogP contribution < -0.4 is 16.0 Å². The number of benzene rings is 1. The summed E-state index contributed by atoms with van der Waals surface area (Å²) in [5.74, 6) is 0.722. The molecule has 0 radical (unpaired) electrons. The van der Waals surface area contributed by atoms with Gasteiger partial charge < -0.3 is 16.0 Å². The zero-order chi connectivity index (χ0) is 15.9. The first-order valence-electron chi connectivity index (χ1n) is 7.15. The third-order valence-electron chi connectivity index (χ3n) is 2.84. The van der Waals surface area contributed by atoms with Crippen LogP contribution in [0.1, 0.15) is 36.7 Å². The van der Waals surface area contributed by atoms with Gasteiger partial charge in [0.05, 0.1) is 0 Å². The fourth-order valence-electron chi connectivity index (χ4n) is 1.87. The maximum Gasteiger partial charge on any atom is 0.251 e. The number of amides is 1. The van der Waals surface area contributed by atoms with Crippen LogP contribution in [0.5, 0.6) is 0 Å². The Labute approximate surface area is 127 Å². The van der Waals surface area contributed by atoms with Crippen LogP contribution in [0.3, 0.4) is 0 Å². The summed E-state index contributed by atoms with van der Waals surface area (Å²) in [6.45, 7) is 7.03. The van der Waals surface area contributed by atoms with Gasteiger partial charge in [-0.3, -0.25) is 9.79 Å². The van der Waals surface area contributed by atoms with Crippen molar-refractivity contribution in [2.45, 2.75) is 32.7 Å². The number of nitrogens with zero attached hydrogens (tertiary/aromatic N) is 1. The summed E-state index contributed by atoms with van der Waals surface area (Å²) in [6, 6.07) is 7.66. The standard InChI is InChI=1S/C16H26N4O/c1-16(2,3)20-15(18-5)19-10-9-12-7-6-8-13(11-12)14(21)17-4/h6-8,11H,9-10H2,1-5H3,(H,17,21)(H2,18,19,20). The molecule has 0 atom stereocenters. The predicted molar refractivity (Wildman–Crippen MR) is 87.8 cm³/mol. The summed E-state index contributed by atoms with van der Waals surface area (Å²) in [6.07, 6.45) is 0.829. The van der Waals surface area contributed by atoms with E-state index < -0.39 is 0 Å². The fraction of sp³-hybridized carbons (Fsp3) is 0.500. The Hall–Kier alpha value is -2.04. The zero-order valence-electron chi connectivity index (χ0n) is 13.6. The van der Waals surface area contributed by atoms with Crippen molar-refractivity contribution in [3.63, 3.8) is 0 Å². The van der Waals surface area contributed by atoms with Crippen LogP contribution in [0.2, 0.25) is 0 Å². The maximum absolute atomic E-state index is 11.6. The third kappa shape index (κ3) is 6.29. The first-order chi connectivity index (χ1) is 9.85. The van der Waals surface area contributed by atoms with Crippen molar-refractivity contribution < 1.29 is 4.79 Å². The molecule has 0 fully saturated rings. The van der Waals surface area contributed by atoms with Gasteiger partial charge in [-0.15, -0.1) is 0 Å². The second-order valence-electron chi connectivity index (χ2n) is 5.90. The Bertz CT molecular complexity index is 503. The van der Waals surface area contributed by atoms with Crippen molar-refractivity contribution in [3.05, 3.63) is 35.4 Å². The minimum atomic E-state index is -0.0602. The van der Waals surface area contributed by atoms with E-state index >= 15 is 0 Å². The summed E-state index contributed by atoms with van der Waals surface area (Å²) in [5, 5.41) is 9.22. The SMILES string of the molecule is CN=C(NCCc1cccc(C(=O)NC)c1)NC(C)(C)C. The van der Waals surface area contributed by atoms with Gasteiger partial charge in [-0.2, -0.15) is 0 Å². The molecule has 21 heavy (non-hydrogen) atoms. The van der Waals surface area contributed by atoms with E-state index in [0.29, 0.717) is 5.56 Å². The summed E-state index contributed by atoms with van der Waals surface area (Å²) in [4.78, 5) is 15.8. The van der Waals surface area contributed by atoms with Gasteiger partial charge in [-0.1, -0.05) is 12.1 Å². The summed E-state index contributed by atoms with van der Waals surface area (Å²) in [5.41, 5.74) is 1.78. The van der Waals surface area contributed by atoms with Crippen molar-refractivity contribution in [3.8, 4) is 0 Å². The Kier molecular flexibility index (Phi) is 6.21. The number of nitrogens with one attached hydrogen (secondary N) is 3. The van der Waals surface area contributed by atoms with Crippen LogP contribution in [-0.4, -0.2) is 38.0 Å². The van der Waals surface area contributed by atoms with Gasteiger partial charge in [-0.25, -0.2) is 0 Å². The monoisotopic (exact) mass is 290 g/mol. The van der Waals surface area contributed by atoms with Crippen LogP contribution in [0.15, 0.2) is 29.3 Å². The van der Waals surface area contributed by atoms with Crippen LogP contribution in [0, 0.1) is 0 Å². The highest BCUT2D eigenvalue weighted by Crippen LogP contribution is 2.05. The first-order valence-corrected chi connectivity index (χ1v) is 7.15. The lowest BCUT2D eigenvalue weighted by molar-refractivity contribution is 0.0963. The molecule has 0 saturated heterocycles. The first kappa shape index (κ1) is 17.0. The molecular weight excluding hydrogens is 264 g/mol. The topological polar surface area (TPSA) is 65.5 Å². The highest BCUT2D eigenvalue weighted by molar-refractivity contribution is 5.94. The molecule has 5 heteroatoms. The molecule has 0 heterocycles. The van der Waals surface area contributed by atoms with Crippen molar-refractivity contribution >= 4 is 11.9 Å².